The lowest BCUT2D eigenvalue weighted by Gasteiger charge is -2.05. The second kappa shape index (κ2) is 4.61. The van der Waals surface area contributed by atoms with Crippen molar-refractivity contribution in [1.29, 1.82) is 0 Å². The lowest BCUT2D eigenvalue weighted by atomic mass is 10.1. The van der Waals surface area contributed by atoms with E-state index < -0.39 is 0 Å². The van der Waals surface area contributed by atoms with Crippen LogP contribution in [0, 0.1) is 0 Å². The summed E-state index contributed by atoms with van der Waals surface area (Å²) in [6.07, 6.45) is 3.81. The Morgan fingerprint density at radius 2 is 1.48 bits per heavy atom. The molecule has 0 aliphatic rings. The van der Waals surface area contributed by atoms with Crippen molar-refractivity contribution in [1.82, 2.24) is 19.7 Å². The zero-order valence-corrected chi connectivity index (χ0v) is 12.2. The molecule has 0 aliphatic carbocycles. The van der Waals surface area contributed by atoms with Gasteiger partial charge in [0.25, 0.3) is 0 Å². The Labute approximate surface area is 132 Å². The van der Waals surface area contributed by atoms with E-state index in [9.17, 15) is 0 Å². The molecule has 3 heterocycles. The molecule has 0 amide bonds. The Morgan fingerprint density at radius 1 is 0.696 bits per heavy atom. The SMILES string of the molecule is c1ccc2nn(-c3ccc4ccc5cccnc5c4n3)cc2c1. The highest BCUT2D eigenvalue weighted by atomic mass is 15.3. The van der Waals surface area contributed by atoms with E-state index in [0.717, 1.165) is 38.5 Å². The molecule has 0 aliphatic heterocycles. The van der Waals surface area contributed by atoms with Crippen LogP contribution in [0.4, 0.5) is 0 Å². The summed E-state index contributed by atoms with van der Waals surface area (Å²) in [7, 11) is 0. The van der Waals surface area contributed by atoms with Crippen LogP contribution < -0.4 is 0 Å². The highest BCUT2D eigenvalue weighted by Gasteiger charge is 2.07. The number of fused-ring (bicyclic) bond motifs is 4. The van der Waals surface area contributed by atoms with Crippen LogP contribution in [-0.4, -0.2) is 19.7 Å². The van der Waals surface area contributed by atoms with Gasteiger partial charge in [-0.3, -0.25) is 4.98 Å². The summed E-state index contributed by atoms with van der Waals surface area (Å²) in [5.41, 5.74) is 2.79. The maximum atomic E-state index is 4.81. The molecule has 0 atom stereocenters. The van der Waals surface area contributed by atoms with Crippen molar-refractivity contribution in [2.24, 2.45) is 0 Å². The van der Waals surface area contributed by atoms with Gasteiger partial charge < -0.3 is 0 Å². The molecule has 5 rings (SSSR count). The van der Waals surface area contributed by atoms with E-state index in [2.05, 4.69) is 40.4 Å². The smallest absolute Gasteiger partial charge is 0.154 e. The number of hydrogen-bond donors (Lipinski definition) is 0. The van der Waals surface area contributed by atoms with Crippen LogP contribution in [0.3, 0.4) is 0 Å². The van der Waals surface area contributed by atoms with Crippen LogP contribution >= 0.6 is 0 Å². The molecular formula is C19H12N4. The second-order valence-electron chi connectivity index (χ2n) is 5.51. The monoisotopic (exact) mass is 296 g/mol. The van der Waals surface area contributed by atoms with E-state index in [1.165, 1.54) is 0 Å². The molecule has 0 N–H and O–H groups in total. The lowest BCUT2D eigenvalue weighted by Crippen LogP contribution is -1.98. The Morgan fingerprint density at radius 3 is 2.39 bits per heavy atom. The first kappa shape index (κ1) is 12.3. The van der Waals surface area contributed by atoms with Crippen molar-refractivity contribution >= 4 is 32.7 Å². The van der Waals surface area contributed by atoms with Crippen molar-refractivity contribution in [3.8, 4) is 5.82 Å². The van der Waals surface area contributed by atoms with Gasteiger partial charge in [0.1, 0.15) is 0 Å². The number of nitrogens with zero attached hydrogens (tertiary/aromatic N) is 4. The topological polar surface area (TPSA) is 43.6 Å². The van der Waals surface area contributed by atoms with Crippen molar-refractivity contribution < 1.29 is 0 Å². The Kier molecular flexibility index (Phi) is 2.46. The third kappa shape index (κ3) is 1.89. The molecule has 4 heteroatoms. The van der Waals surface area contributed by atoms with E-state index >= 15 is 0 Å². The molecule has 23 heavy (non-hydrogen) atoms. The van der Waals surface area contributed by atoms with Gasteiger partial charge in [-0.1, -0.05) is 36.4 Å². The Hall–Kier alpha value is -3.27. The Balaban J connectivity index is 1.80. The van der Waals surface area contributed by atoms with Gasteiger partial charge in [0.15, 0.2) is 5.82 Å². The maximum absolute atomic E-state index is 4.81. The van der Waals surface area contributed by atoms with Gasteiger partial charge in [0.05, 0.1) is 16.6 Å². The largest absolute Gasteiger partial charge is 0.254 e. The molecule has 5 aromatic rings. The van der Waals surface area contributed by atoms with Gasteiger partial charge in [-0.25, -0.2) is 9.67 Å². The van der Waals surface area contributed by atoms with Gasteiger partial charge in [0.2, 0.25) is 0 Å². The minimum atomic E-state index is 0.798. The van der Waals surface area contributed by atoms with Crippen molar-refractivity contribution in [2.45, 2.75) is 0 Å². The van der Waals surface area contributed by atoms with E-state index in [4.69, 9.17) is 4.98 Å². The molecule has 0 spiro atoms. The van der Waals surface area contributed by atoms with Crippen LogP contribution in [-0.2, 0) is 0 Å². The average Bonchev–Trinajstić information content (AvgIpc) is 3.05. The molecule has 0 fully saturated rings. The number of aromatic nitrogens is 4. The summed E-state index contributed by atoms with van der Waals surface area (Å²) in [6, 6.07) is 20.3. The molecule has 0 radical (unpaired) electrons. The van der Waals surface area contributed by atoms with Gasteiger partial charge in [-0.15, -0.1) is 0 Å². The molecule has 4 nitrogen and oxygen atoms in total. The van der Waals surface area contributed by atoms with Crippen LogP contribution in [0.1, 0.15) is 0 Å². The lowest BCUT2D eigenvalue weighted by molar-refractivity contribution is 0.867. The molecule has 0 unspecified atom stereocenters. The average molecular weight is 296 g/mol. The zero-order chi connectivity index (χ0) is 15.2. The fourth-order valence-corrected chi connectivity index (χ4v) is 2.92. The standard InChI is InChI=1S/C19H12N4/c1-2-6-16-15(4-1)12-23(22-16)17-10-9-14-8-7-13-5-3-11-20-18(13)19(14)21-17/h1-12H. The molecular weight excluding hydrogens is 284 g/mol. The third-order valence-electron chi connectivity index (χ3n) is 4.07. The minimum absolute atomic E-state index is 0.798. The first-order valence-electron chi connectivity index (χ1n) is 7.48. The molecule has 3 aromatic heterocycles. The first-order valence-corrected chi connectivity index (χ1v) is 7.48. The van der Waals surface area contributed by atoms with E-state index in [1.54, 1.807) is 6.20 Å². The number of hydrogen-bond acceptors (Lipinski definition) is 3. The van der Waals surface area contributed by atoms with Gasteiger partial charge in [0, 0.05) is 28.6 Å². The van der Waals surface area contributed by atoms with Crippen molar-refractivity contribution in [3.05, 3.63) is 73.1 Å². The normalized spacial score (nSPS) is 11.5. The fraction of sp³-hybridized carbons (Fsp3) is 0. The fourth-order valence-electron chi connectivity index (χ4n) is 2.92. The predicted molar refractivity (Wildman–Crippen MR) is 91.7 cm³/mol. The molecule has 0 saturated carbocycles. The van der Waals surface area contributed by atoms with Crippen molar-refractivity contribution in [3.63, 3.8) is 0 Å². The van der Waals surface area contributed by atoms with Crippen LogP contribution in [0.25, 0.3) is 38.5 Å². The van der Waals surface area contributed by atoms with Gasteiger partial charge in [-0.2, -0.15) is 5.10 Å². The van der Waals surface area contributed by atoms with E-state index in [-0.39, 0.29) is 0 Å². The second-order valence-corrected chi connectivity index (χ2v) is 5.51. The number of pyridine rings is 2. The van der Waals surface area contributed by atoms with Gasteiger partial charge in [-0.05, 0) is 24.3 Å². The summed E-state index contributed by atoms with van der Waals surface area (Å²) in [5, 5.41) is 7.88. The first-order chi connectivity index (χ1) is 11.4. The summed E-state index contributed by atoms with van der Waals surface area (Å²) in [4.78, 5) is 9.30. The summed E-state index contributed by atoms with van der Waals surface area (Å²) < 4.78 is 1.83. The Bertz CT molecular complexity index is 1140. The maximum Gasteiger partial charge on any atom is 0.154 e. The minimum Gasteiger partial charge on any atom is -0.254 e. The van der Waals surface area contributed by atoms with Crippen molar-refractivity contribution in [2.75, 3.05) is 0 Å². The van der Waals surface area contributed by atoms with Crippen LogP contribution in [0.5, 0.6) is 0 Å². The summed E-state index contributed by atoms with van der Waals surface area (Å²) in [6.45, 7) is 0. The van der Waals surface area contributed by atoms with Crippen LogP contribution in [0.2, 0.25) is 0 Å². The van der Waals surface area contributed by atoms with E-state index in [0.29, 0.717) is 0 Å². The zero-order valence-electron chi connectivity index (χ0n) is 12.2. The third-order valence-corrected chi connectivity index (χ3v) is 4.07. The highest BCUT2D eigenvalue weighted by Crippen LogP contribution is 2.23. The summed E-state index contributed by atoms with van der Waals surface area (Å²) in [5.74, 6) is 0.798. The number of rotatable bonds is 1. The molecule has 2 aromatic carbocycles. The van der Waals surface area contributed by atoms with Crippen LogP contribution in [0.15, 0.2) is 73.1 Å². The van der Waals surface area contributed by atoms with E-state index in [1.807, 2.05) is 41.2 Å². The predicted octanol–water partition coefficient (Wildman–Crippen LogP) is 4.12. The highest BCUT2D eigenvalue weighted by molar-refractivity contribution is 6.02. The quantitative estimate of drug-likeness (QED) is 0.437. The summed E-state index contributed by atoms with van der Waals surface area (Å²) >= 11 is 0. The molecule has 0 saturated heterocycles. The molecule has 0 bridgehead atoms. The number of benzene rings is 2. The molecule has 108 valence electrons. The van der Waals surface area contributed by atoms with Gasteiger partial charge >= 0.3 is 0 Å².